The average molecular weight is 402 g/mol. The lowest BCUT2D eigenvalue weighted by Gasteiger charge is -2.02. The highest BCUT2D eigenvalue weighted by atomic mass is 35.5. The lowest BCUT2D eigenvalue weighted by atomic mass is 10.1. The van der Waals surface area contributed by atoms with Gasteiger partial charge in [-0.1, -0.05) is 11.6 Å². The van der Waals surface area contributed by atoms with Crippen molar-refractivity contribution in [2.45, 2.75) is 13.3 Å². The first-order chi connectivity index (χ1) is 13.4. The number of ether oxygens (including phenoxy) is 1. The van der Waals surface area contributed by atoms with E-state index in [1.165, 1.54) is 36.1 Å². The van der Waals surface area contributed by atoms with Crippen molar-refractivity contribution in [1.29, 1.82) is 0 Å². The van der Waals surface area contributed by atoms with Crippen LogP contribution in [0.2, 0.25) is 5.02 Å². The third-order valence-electron chi connectivity index (χ3n) is 4.08. The lowest BCUT2D eigenvalue weighted by molar-refractivity contribution is -0.139. The smallest absolute Gasteiger partial charge is 0.311 e. The maximum atomic E-state index is 13.2. The molecule has 0 fully saturated rings. The van der Waals surface area contributed by atoms with Crippen LogP contribution in [0.3, 0.4) is 0 Å². The van der Waals surface area contributed by atoms with E-state index in [0.29, 0.717) is 27.8 Å². The van der Waals surface area contributed by atoms with E-state index in [0.717, 1.165) is 0 Å². The lowest BCUT2D eigenvalue weighted by Crippen LogP contribution is -2.20. The van der Waals surface area contributed by atoms with Crippen LogP contribution in [0, 0.1) is 5.82 Å². The number of esters is 1. The molecule has 3 aromatic rings. The minimum Gasteiger partial charge on any atom is -0.469 e. The van der Waals surface area contributed by atoms with Crippen molar-refractivity contribution in [3.63, 3.8) is 0 Å². The summed E-state index contributed by atoms with van der Waals surface area (Å²) in [6.45, 7) is 1.68. The van der Waals surface area contributed by atoms with Crippen LogP contribution >= 0.6 is 11.6 Å². The Balaban J connectivity index is 2.11. The summed E-state index contributed by atoms with van der Waals surface area (Å²) in [5.74, 6) is -0.924. The number of nitrogens with zero attached hydrogens (tertiary/aromatic N) is 2. The third kappa shape index (κ3) is 4.20. The minimum absolute atomic E-state index is 0.136. The molecule has 0 saturated heterocycles. The number of benzene rings is 2. The van der Waals surface area contributed by atoms with Crippen LogP contribution in [0.25, 0.3) is 5.69 Å². The standard InChI is InChI=1S/C20H17ClFN3O3/c1-12(23-15-7-3-13(21)4-8-15)19-17(11-18(26)28-2)24-25(20(19)27)16-9-5-14(22)6-10-16/h3-10,24H,11H2,1-2H3. The number of hydrogen-bond donors (Lipinski definition) is 1. The van der Waals surface area contributed by atoms with Gasteiger partial charge in [0.25, 0.3) is 5.56 Å². The van der Waals surface area contributed by atoms with Crippen LogP contribution in [0.5, 0.6) is 0 Å². The molecule has 0 aliphatic heterocycles. The van der Waals surface area contributed by atoms with Crippen LogP contribution in [-0.2, 0) is 16.0 Å². The zero-order chi connectivity index (χ0) is 20.3. The molecule has 0 atom stereocenters. The second-order valence-electron chi connectivity index (χ2n) is 6.01. The zero-order valence-corrected chi connectivity index (χ0v) is 16.0. The molecule has 0 radical (unpaired) electrons. The molecular weight excluding hydrogens is 385 g/mol. The molecule has 0 unspecified atom stereocenters. The molecule has 0 aliphatic carbocycles. The van der Waals surface area contributed by atoms with Crippen molar-refractivity contribution in [2.24, 2.45) is 4.99 Å². The van der Waals surface area contributed by atoms with Gasteiger partial charge in [-0.15, -0.1) is 0 Å². The summed E-state index contributed by atoms with van der Waals surface area (Å²) in [6.07, 6.45) is -0.136. The summed E-state index contributed by atoms with van der Waals surface area (Å²) in [4.78, 5) is 29.3. The predicted octanol–water partition coefficient (Wildman–Crippen LogP) is 3.81. The number of aromatic nitrogens is 2. The highest BCUT2D eigenvalue weighted by molar-refractivity contribution is 6.30. The molecule has 1 N–H and O–H groups in total. The van der Waals surface area contributed by atoms with Gasteiger partial charge in [0.2, 0.25) is 0 Å². The highest BCUT2D eigenvalue weighted by Gasteiger charge is 2.20. The maximum Gasteiger partial charge on any atom is 0.311 e. The van der Waals surface area contributed by atoms with Crippen LogP contribution in [0.15, 0.2) is 58.3 Å². The number of H-pyrrole nitrogens is 1. The van der Waals surface area contributed by atoms with Crippen LogP contribution in [0.1, 0.15) is 18.2 Å². The fraction of sp³-hybridized carbons (Fsp3) is 0.150. The molecule has 8 heteroatoms. The summed E-state index contributed by atoms with van der Waals surface area (Å²) in [5, 5.41) is 3.48. The number of aromatic amines is 1. The van der Waals surface area contributed by atoms with Crippen molar-refractivity contribution in [1.82, 2.24) is 9.78 Å². The Labute approximate surface area is 165 Å². The van der Waals surface area contributed by atoms with Crippen LogP contribution in [0.4, 0.5) is 10.1 Å². The van der Waals surface area contributed by atoms with Gasteiger partial charge < -0.3 is 4.74 Å². The van der Waals surface area contributed by atoms with Crippen molar-refractivity contribution < 1.29 is 13.9 Å². The summed E-state index contributed by atoms with van der Waals surface area (Å²) in [7, 11) is 1.27. The zero-order valence-electron chi connectivity index (χ0n) is 15.2. The molecule has 1 aromatic heterocycles. The molecular formula is C20H17ClFN3O3. The van der Waals surface area contributed by atoms with Gasteiger partial charge in [0, 0.05) is 5.02 Å². The van der Waals surface area contributed by atoms with E-state index in [1.807, 2.05) is 0 Å². The molecule has 0 bridgehead atoms. The van der Waals surface area contributed by atoms with Crippen molar-refractivity contribution in [2.75, 3.05) is 7.11 Å². The summed E-state index contributed by atoms with van der Waals surface area (Å²) >= 11 is 5.89. The van der Waals surface area contributed by atoms with Gasteiger partial charge in [0.1, 0.15) is 5.82 Å². The molecule has 28 heavy (non-hydrogen) atoms. The Bertz CT molecular complexity index is 1080. The number of methoxy groups -OCH3 is 1. The van der Waals surface area contributed by atoms with E-state index in [-0.39, 0.29) is 12.0 Å². The molecule has 0 aliphatic rings. The van der Waals surface area contributed by atoms with E-state index in [2.05, 4.69) is 10.1 Å². The van der Waals surface area contributed by atoms with Crippen LogP contribution in [-0.4, -0.2) is 28.6 Å². The molecule has 0 spiro atoms. The number of nitrogens with one attached hydrogen (secondary N) is 1. The Morgan fingerprint density at radius 1 is 1.18 bits per heavy atom. The summed E-state index contributed by atoms with van der Waals surface area (Å²) in [6, 6.07) is 12.2. The number of rotatable bonds is 5. The van der Waals surface area contributed by atoms with E-state index >= 15 is 0 Å². The number of halogens is 2. The Morgan fingerprint density at radius 2 is 1.82 bits per heavy atom. The van der Waals surface area contributed by atoms with Gasteiger partial charge in [0.15, 0.2) is 0 Å². The minimum atomic E-state index is -0.506. The largest absolute Gasteiger partial charge is 0.469 e. The van der Waals surface area contributed by atoms with Crippen molar-refractivity contribution in [3.05, 3.63) is 81.0 Å². The normalized spacial score (nSPS) is 11.5. The molecule has 0 amide bonds. The van der Waals surface area contributed by atoms with Crippen LogP contribution < -0.4 is 5.56 Å². The third-order valence-corrected chi connectivity index (χ3v) is 4.34. The fourth-order valence-corrected chi connectivity index (χ4v) is 2.86. The quantitative estimate of drug-likeness (QED) is 0.521. The number of carbonyl (C=O) groups excluding carboxylic acids is 1. The van der Waals surface area contributed by atoms with E-state index in [1.54, 1.807) is 31.2 Å². The van der Waals surface area contributed by atoms with E-state index in [9.17, 15) is 14.0 Å². The molecule has 3 rings (SSSR count). The van der Waals surface area contributed by atoms with Crippen molar-refractivity contribution in [3.8, 4) is 5.69 Å². The Morgan fingerprint density at radius 3 is 2.43 bits per heavy atom. The molecule has 0 saturated carbocycles. The Kier molecular flexibility index (Phi) is 5.75. The topological polar surface area (TPSA) is 76.5 Å². The number of carbonyl (C=O) groups is 1. The SMILES string of the molecule is COC(=O)Cc1[nH]n(-c2ccc(F)cc2)c(=O)c1C(C)=Nc1ccc(Cl)cc1. The van der Waals surface area contributed by atoms with Gasteiger partial charge in [0.05, 0.1) is 41.9 Å². The van der Waals surface area contributed by atoms with Gasteiger partial charge in [-0.05, 0) is 55.5 Å². The number of aliphatic imine (C=N–C) groups is 1. The summed E-state index contributed by atoms with van der Waals surface area (Å²) in [5.41, 5.74) is 1.67. The van der Waals surface area contributed by atoms with Gasteiger partial charge >= 0.3 is 5.97 Å². The second kappa shape index (κ2) is 8.22. The highest BCUT2D eigenvalue weighted by Crippen LogP contribution is 2.18. The molecule has 2 aromatic carbocycles. The first-order valence-electron chi connectivity index (χ1n) is 8.37. The molecule has 6 nitrogen and oxygen atoms in total. The van der Waals surface area contributed by atoms with Gasteiger partial charge in [-0.2, -0.15) is 0 Å². The average Bonchev–Trinajstić information content (AvgIpc) is 3.00. The van der Waals surface area contributed by atoms with E-state index < -0.39 is 17.3 Å². The second-order valence-corrected chi connectivity index (χ2v) is 6.45. The molecule has 1 heterocycles. The maximum absolute atomic E-state index is 13.2. The summed E-state index contributed by atoms with van der Waals surface area (Å²) < 4.78 is 19.2. The molecule has 144 valence electrons. The first kappa shape index (κ1) is 19.6. The Hall–Kier alpha value is -3.19. The fourth-order valence-electron chi connectivity index (χ4n) is 2.74. The van der Waals surface area contributed by atoms with Gasteiger partial charge in [-0.3, -0.25) is 19.7 Å². The predicted molar refractivity (Wildman–Crippen MR) is 105 cm³/mol. The van der Waals surface area contributed by atoms with E-state index in [4.69, 9.17) is 16.3 Å². The number of hydrogen-bond acceptors (Lipinski definition) is 4. The first-order valence-corrected chi connectivity index (χ1v) is 8.74. The van der Waals surface area contributed by atoms with Gasteiger partial charge in [-0.25, -0.2) is 9.07 Å². The van der Waals surface area contributed by atoms with Crippen molar-refractivity contribution >= 4 is 29.0 Å². The monoisotopic (exact) mass is 401 g/mol.